The van der Waals surface area contributed by atoms with Gasteiger partial charge in [-0.25, -0.2) is 0 Å². The van der Waals surface area contributed by atoms with Crippen LogP contribution in [0.4, 0.5) is 0 Å². The van der Waals surface area contributed by atoms with Crippen molar-refractivity contribution in [3.8, 4) is 11.5 Å². The molecule has 1 aromatic carbocycles. The maximum atomic E-state index is 13.4. The molecule has 1 N–H and O–H groups in total. The fourth-order valence-corrected chi connectivity index (χ4v) is 4.94. The molecule has 3 heterocycles. The lowest BCUT2D eigenvalue weighted by Crippen LogP contribution is -2.32. The molecule has 156 valence electrons. The van der Waals surface area contributed by atoms with Gasteiger partial charge in [0.05, 0.1) is 11.6 Å². The molecular weight excluding hydrogens is 368 g/mol. The van der Waals surface area contributed by atoms with Crippen molar-refractivity contribution in [2.24, 2.45) is 5.92 Å². The molecule has 1 aromatic heterocycles. The maximum absolute atomic E-state index is 13.4. The first-order valence-corrected chi connectivity index (χ1v) is 11.1. The number of aromatic nitrogens is 1. The summed E-state index contributed by atoms with van der Waals surface area (Å²) in [5, 5.41) is 4.48. The molecule has 2 aromatic rings. The van der Waals surface area contributed by atoms with Crippen LogP contribution in [-0.4, -0.2) is 30.6 Å². The number of fused-ring (bicyclic) bond motifs is 2. The second-order valence-corrected chi connectivity index (χ2v) is 8.62. The molecule has 0 bridgehead atoms. The van der Waals surface area contributed by atoms with Gasteiger partial charge in [0, 0.05) is 43.3 Å². The van der Waals surface area contributed by atoms with Crippen molar-refractivity contribution >= 4 is 10.9 Å². The van der Waals surface area contributed by atoms with Crippen LogP contribution in [0.15, 0.2) is 23.0 Å². The minimum Gasteiger partial charge on any atom is -0.454 e. The van der Waals surface area contributed by atoms with Gasteiger partial charge in [0.2, 0.25) is 6.79 Å². The first kappa shape index (κ1) is 18.9. The normalized spacial score (nSPS) is 21.9. The van der Waals surface area contributed by atoms with Gasteiger partial charge in [0.15, 0.2) is 11.5 Å². The van der Waals surface area contributed by atoms with Crippen LogP contribution in [0.2, 0.25) is 0 Å². The smallest absolute Gasteiger partial charge is 0.255 e. The lowest BCUT2D eigenvalue weighted by Gasteiger charge is -2.24. The van der Waals surface area contributed by atoms with Gasteiger partial charge in [-0.15, -0.1) is 0 Å². The molecule has 0 spiro atoms. The Morgan fingerprint density at radius 3 is 2.62 bits per heavy atom. The Balaban J connectivity index is 1.46. The fourth-order valence-electron chi connectivity index (χ4n) is 4.94. The number of pyridine rings is 1. The molecule has 6 heteroatoms. The summed E-state index contributed by atoms with van der Waals surface area (Å²) in [5.41, 5.74) is 1.87. The van der Waals surface area contributed by atoms with Crippen LogP contribution in [0.25, 0.3) is 10.9 Å². The Morgan fingerprint density at radius 2 is 1.83 bits per heavy atom. The molecule has 0 amide bonds. The van der Waals surface area contributed by atoms with E-state index >= 15 is 0 Å². The van der Waals surface area contributed by atoms with Gasteiger partial charge in [-0.3, -0.25) is 4.79 Å². The van der Waals surface area contributed by atoms with E-state index in [0.717, 1.165) is 60.5 Å². The van der Waals surface area contributed by atoms with Crippen LogP contribution >= 0.6 is 0 Å². The number of nitrogens with zero attached hydrogens (tertiary/aromatic N) is 1. The van der Waals surface area contributed by atoms with Gasteiger partial charge >= 0.3 is 0 Å². The summed E-state index contributed by atoms with van der Waals surface area (Å²) in [5.74, 6) is 2.07. The zero-order valence-corrected chi connectivity index (χ0v) is 17.0. The number of hydrogen-bond acceptors (Lipinski definition) is 5. The average molecular weight is 399 g/mol. The van der Waals surface area contributed by atoms with Gasteiger partial charge in [-0.05, 0) is 43.7 Å². The first-order valence-electron chi connectivity index (χ1n) is 11.1. The molecule has 1 unspecified atom stereocenters. The highest BCUT2D eigenvalue weighted by atomic mass is 16.7. The summed E-state index contributed by atoms with van der Waals surface area (Å²) >= 11 is 0. The van der Waals surface area contributed by atoms with E-state index < -0.39 is 0 Å². The van der Waals surface area contributed by atoms with Crippen molar-refractivity contribution in [3.05, 3.63) is 34.1 Å². The maximum Gasteiger partial charge on any atom is 0.255 e. The number of ether oxygens (including phenoxy) is 3. The topological polar surface area (TPSA) is 61.7 Å². The van der Waals surface area contributed by atoms with Crippen LogP contribution in [0, 0.1) is 5.92 Å². The Morgan fingerprint density at radius 1 is 1.00 bits per heavy atom. The summed E-state index contributed by atoms with van der Waals surface area (Å²) in [7, 11) is 0. The van der Waals surface area contributed by atoms with Gasteiger partial charge in [-0.2, -0.15) is 0 Å². The van der Waals surface area contributed by atoms with Crippen molar-refractivity contribution in [1.29, 1.82) is 0 Å². The molecule has 2 aliphatic heterocycles. The van der Waals surface area contributed by atoms with Crippen molar-refractivity contribution < 1.29 is 14.2 Å². The van der Waals surface area contributed by atoms with Crippen molar-refractivity contribution in [1.82, 2.24) is 9.88 Å². The zero-order valence-electron chi connectivity index (χ0n) is 17.0. The molecule has 29 heavy (non-hydrogen) atoms. The molecule has 6 nitrogen and oxygen atoms in total. The fraction of sp³-hybridized carbons (Fsp3) is 0.609. The van der Waals surface area contributed by atoms with E-state index in [1.54, 1.807) is 0 Å². The van der Waals surface area contributed by atoms with E-state index in [1.165, 1.54) is 32.1 Å². The standard InChI is InChI=1S/C23H30N2O4/c26-23-18(12-24-13-19-7-4-8-27-19)9-17-10-21-22(29-15-28-21)11-20(17)25(23)14-16-5-2-1-3-6-16/h9-11,16,19,24H,1-8,12-15H2. The summed E-state index contributed by atoms with van der Waals surface area (Å²) in [6.45, 7) is 3.24. The van der Waals surface area contributed by atoms with Crippen LogP contribution in [0.5, 0.6) is 11.5 Å². The van der Waals surface area contributed by atoms with Crippen LogP contribution in [0.3, 0.4) is 0 Å². The molecule has 1 aliphatic carbocycles. The van der Waals surface area contributed by atoms with Crippen LogP contribution in [0.1, 0.15) is 50.5 Å². The lowest BCUT2D eigenvalue weighted by molar-refractivity contribution is 0.110. The first-order chi connectivity index (χ1) is 14.3. The van der Waals surface area contributed by atoms with E-state index in [1.807, 2.05) is 22.8 Å². The summed E-state index contributed by atoms with van der Waals surface area (Å²) in [6, 6.07) is 6.00. The van der Waals surface area contributed by atoms with E-state index in [4.69, 9.17) is 14.2 Å². The third-order valence-electron chi connectivity index (χ3n) is 6.54. The minimum atomic E-state index is 0.113. The molecule has 1 atom stereocenters. The SMILES string of the molecule is O=c1c(CNCC2CCCO2)cc2cc3c(cc2n1CC1CCCCC1)OCO3. The minimum absolute atomic E-state index is 0.113. The van der Waals surface area contributed by atoms with Gasteiger partial charge in [0.1, 0.15) is 0 Å². The predicted octanol–water partition coefficient (Wildman–Crippen LogP) is 3.58. The largest absolute Gasteiger partial charge is 0.454 e. The molecule has 3 aliphatic rings. The zero-order chi connectivity index (χ0) is 19.6. The second-order valence-electron chi connectivity index (χ2n) is 8.62. The van der Waals surface area contributed by atoms with E-state index in [-0.39, 0.29) is 18.5 Å². The molecule has 1 saturated carbocycles. The van der Waals surface area contributed by atoms with E-state index in [0.29, 0.717) is 12.5 Å². The summed E-state index contributed by atoms with van der Waals surface area (Å²) in [6.07, 6.45) is 8.77. The monoisotopic (exact) mass is 398 g/mol. The van der Waals surface area contributed by atoms with Crippen LogP contribution < -0.4 is 20.3 Å². The summed E-state index contributed by atoms with van der Waals surface area (Å²) in [4.78, 5) is 13.4. The number of hydrogen-bond donors (Lipinski definition) is 1. The predicted molar refractivity (Wildman–Crippen MR) is 112 cm³/mol. The molecule has 5 rings (SSSR count). The highest BCUT2D eigenvalue weighted by Crippen LogP contribution is 2.36. The third-order valence-corrected chi connectivity index (χ3v) is 6.54. The summed E-state index contributed by atoms with van der Waals surface area (Å²) < 4.78 is 18.8. The van der Waals surface area contributed by atoms with E-state index in [2.05, 4.69) is 5.32 Å². The quantitative estimate of drug-likeness (QED) is 0.806. The van der Waals surface area contributed by atoms with Gasteiger partial charge < -0.3 is 24.1 Å². The Bertz CT molecular complexity index is 927. The van der Waals surface area contributed by atoms with Gasteiger partial charge in [0.25, 0.3) is 5.56 Å². The molecule has 2 fully saturated rings. The Hall–Kier alpha value is -2.05. The number of benzene rings is 1. The Labute approximate surface area is 171 Å². The second kappa shape index (κ2) is 8.36. The molecule has 0 radical (unpaired) electrons. The number of rotatable bonds is 6. The molecular formula is C23H30N2O4. The molecule has 1 saturated heterocycles. The average Bonchev–Trinajstić information content (AvgIpc) is 3.42. The lowest BCUT2D eigenvalue weighted by atomic mass is 9.89. The van der Waals surface area contributed by atoms with Crippen LogP contribution in [-0.2, 0) is 17.8 Å². The number of nitrogens with one attached hydrogen (secondary N) is 1. The van der Waals surface area contributed by atoms with Crippen molar-refractivity contribution in [3.63, 3.8) is 0 Å². The highest BCUT2D eigenvalue weighted by Gasteiger charge is 2.21. The highest BCUT2D eigenvalue weighted by molar-refractivity contribution is 5.84. The Kier molecular flexibility index (Phi) is 5.46. The van der Waals surface area contributed by atoms with Crippen molar-refractivity contribution in [2.45, 2.75) is 64.1 Å². The van der Waals surface area contributed by atoms with Crippen molar-refractivity contribution in [2.75, 3.05) is 19.9 Å². The van der Waals surface area contributed by atoms with E-state index in [9.17, 15) is 4.79 Å². The van der Waals surface area contributed by atoms with Gasteiger partial charge in [-0.1, -0.05) is 19.3 Å². The third kappa shape index (κ3) is 4.01.